The van der Waals surface area contributed by atoms with Crippen molar-refractivity contribution in [3.63, 3.8) is 0 Å². The predicted molar refractivity (Wildman–Crippen MR) is 114 cm³/mol. The van der Waals surface area contributed by atoms with E-state index < -0.39 is 0 Å². The van der Waals surface area contributed by atoms with E-state index in [0.717, 1.165) is 44.8 Å². The molecule has 5 heteroatoms. The van der Waals surface area contributed by atoms with Crippen LogP contribution in [0.4, 0.5) is 0 Å². The Hall–Kier alpha value is -2.53. The Morgan fingerprint density at radius 2 is 1.96 bits per heavy atom. The van der Waals surface area contributed by atoms with E-state index in [4.69, 9.17) is 4.98 Å². The van der Waals surface area contributed by atoms with Crippen LogP contribution in [0.15, 0.2) is 52.4 Å². The van der Waals surface area contributed by atoms with Crippen molar-refractivity contribution in [2.75, 3.05) is 0 Å². The van der Waals surface area contributed by atoms with Crippen molar-refractivity contribution < 1.29 is 0 Å². The summed E-state index contributed by atoms with van der Waals surface area (Å²) in [7, 11) is 0. The molecule has 2 heterocycles. The standard InChI is InChI=1S/C22H23N3OS/c1-5-15(4)27-22-24-19-16-8-6-7-9-17(16)23-20(19)21(26)25(22)18-12-13(2)10-11-14(18)3/h6-12,15,23H,5H2,1-4H3. The number of para-hydroxylation sites is 1. The molecule has 0 saturated carbocycles. The summed E-state index contributed by atoms with van der Waals surface area (Å²) in [6.45, 7) is 8.41. The van der Waals surface area contributed by atoms with Crippen LogP contribution in [0.3, 0.4) is 0 Å². The second kappa shape index (κ2) is 6.89. The maximum atomic E-state index is 13.5. The Morgan fingerprint density at radius 1 is 1.19 bits per heavy atom. The lowest BCUT2D eigenvalue weighted by atomic mass is 10.1. The van der Waals surface area contributed by atoms with Gasteiger partial charge in [-0.05, 0) is 43.5 Å². The third-order valence-electron chi connectivity index (χ3n) is 4.98. The van der Waals surface area contributed by atoms with Crippen LogP contribution in [0.2, 0.25) is 0 Å². The number of benzene rings is 2. The fraction of sp³-hybridized carbons (Fsp3) is 0.273. The van der Waals surface area contributed by atoms with Crippen LogP contribution in [-0.2, 0) is 0 Å². The molecule has 0 saturated heterocycles. The average molecular weight is 378 g/mol. The predicted octanol–water partition coefficient (Wildman–Crippen LogP) is 5.37. The van der Waals surface area contributed by atoms with Gasteiger partial charge < -0.3 is 4.98 Å². The second-order valence-electron chi connectivity index (χ2n) is 7.06. The molecule has 0 fully saturated rings. The Morgan fingerprint density at radius 3 is 2.74 bits per heavy atom. The molecule has 0 aliphatic carbocycles. The fourth-order valence-electron chi connectivity index (χ4n) is 3.26. The zero-order chi connectivity index (χ0) is 19.1. The molecule has 138 valence electrons. The molecule has 0 bridgehead atoms. The minimum atomic E-state index is -0.0456. The lowest BCUT2D eigenvalue weighted by Crippen LogP contribution is -2.23. The highest BCUT2D eigenvalue weighted by molar-refractivity contribution is 7.99. The number of hydrogen-bond acceptors (Lipinski definition) is 3. The molecule has 0 spiro atoms. The molecule has 2 aromatic carbocycles. The van der Waals surface area contributed by atoms with Gasteiger partial charge in [0.2, 0.25) is 0 Å². The second-order valence-corrected chi connectivity index (χ2v) is 8.46. The van der Waals surface area contributed by atoms with Crippen molar-refractivity contribution in [3.05, 3.63) is 63.9 Å². The van der Waals surface area contributed by atoms with E-state index in [1.807, 2.05) is 38.1 Å². The van der Waals surface area contributed by atoms with Crippen molar-refractivity contribution in [3.8, 4) is 5.69 Å². The molecule has 1 unspecified atom stereocenters. The minimum Gasteiger partial charge on any atom is -0.349 e. The van der Waals surface area contributed by atoms with Crippen molar-refractivity contribution in [2.24, 2.45) is 0 Å². The molecule has 4 rings (SSSR count). The summed E-state index contributed by atoms with van der Waals surface area (Å²) in [6, 6.07) is 14.1. The van der Waals surface area contributed by atoms with Gasteiger partial charge in [0.1, 0.15) is 11.0 Å². The maximum Gasteiger partial charge on any atom is 0.283 e. The number of thioether (sulfide) groups is 1. The molecule has 4 nitrogen and oxygen atoms in total. The monoisotopic (exact) mass is 377 g/mol. The smallest absolute Gasteiger partial charge is 0.283 e. The fourth-order valence-corrected chi connectivity index (χ4v) is 4.21. The molecule has 0 aliphatic heterocycles. The van der Waals surface area contributed by atoms with Gasteiger partial charge in [-0.25, -0.2) is 4.98 Å². The number of H-pyrrole nitrogens is 1. The van der Waals surface area contributed by atoms with Gasteiger partial charge in [-0.1, -0.05) is 55.9 Å². The summed E-state index contributed by atoms with van der Waals surface area (Å²) >= 11 is 1.66. The normalized spacial score (nSPS) is 12.7. The number of nitrogens with zero attached hydrogens (tertiary/aromatic N) is 2. The molecule has 0 amide bonds. The summed E-state index contributed by atoms with van der Waals surface area (Å²) in [5.74, 6) is 0. The van der Waals surface area contributed by atoms with E-state index in [1.165, 1.54) is 0 Å². The topological polar surface area (TPSA) is 50.7 Å². The first-order valence-electron chi connectivity index (χ1n) is 9.27. The van der Waals surface area contributed by atoms with E-state index in [2.05, 4.69) is 37.0 Å². The van der Waals surface area contributed by atoms with Gasteiger partial charge in [0.05, 0.1) is 5.69 Å². The molecule has 1 atom stereocenters. The Labute approximate surface area is 162 Å². The van der Waals surface area contributed by atoms with Crippen LogP contribution in [0.1, 0.15) is 31.4 Å². The zero-order valence-corrected chi connectivity index (χ0v) is 16.9. The molecular formula is C22H23N3OS. The molecule has 4 aromatic rings. The lowest BCUT2D eigenvalue weighted by Gasteiger charge is -2.17. The molecule has 0 radical (unpaired) electrons. The van der Waals surface area contributed by atoms with Crippen molar-refractivity contribution in [1.82, 2.24) is 14.5 Å². The van der Waals surface area contributed by atoms with Gasteiger partial charge in [-0.15, -0.1) is 0 Å². The van der Waals surface area contributed by atoms with Crippen molar-refractivity contribution in [1.29, 1.82) is 0 Å². The number of nitrogens with one attached hydrogen (secondary N) is 1. The molecular weight excluding hydrogens is 354 g/mol. The first-order chi connectivity index (χ1) is 13.0. The van der Waals surface area contributed by atoms with Crippen molar-refractivity contribution >= 4 is 33.7 Å². The zero-order valence-electron chi connectivity index (χ0n) is 16.0. The van der Waals surface area contributed by atoms with Gasteiger partial charge in [0, 0.05) is 16.2 Å². The number of aryl methyl sites for hydroxylation is 2. The average Bonchev–Trinajstić information content (AvgIpc) is 3.03. The first-order valence-corrected chi connectivity index (χ1v) is 10.1. The largest absolute Gasteiger partial charge is 0.349 e. The van der Waals surface area contributed by atoms with Crippen molar-refractivity contribution in [2.45, 2.75) is 44.5 Å². The summed E-state index contributed by atoms with van der Waals surface area (Å²) in [5, 5.41) is 2.11. The number of aromatic nitrogens is 3. The molecule has 2 aromatic heterocycles. The summed E-state index contributed by atoms with van der Waals surface area (Å²) in [6.07, 6.45) is 1.01. The Balaban J connectivity index is 2.10. The maximum absolute atomic E-state index is 13.5. The van der Waals surface area contributed by atoms with Gasteiger partial charge in [-0.3, -0.25) is 9.36 Å². The number of aromatic amines is 1. The van der Waals surface area contributed by atoms with E-state index in [-0.39, 0.29) is 5.56 Å². The highest BCUT2D eigenvalue weighted by Crippen LogP contribution is 2.30. The van der Waals surface area contributed by atoms with Gasteiger partial charge in [0.25, 0.3) is 5.56 Å². The summed E-state index contributed by atoms with van der Waals surface area (Å²) in [5.41, 5.74) is 5.29. The molecule has 1 N–H and O–H groups in total. The molecule has 0 aliphatic rings. The minimum absolute atomic E-state index is 0.0456. The van der Waals surface area contributed by atoms with Gasteiger partial charge >= 0.3 is 0 Å². The van der Waals surface area contributed by atoms with Crippen LogP contribution in [-0.4, -0.2) is 19.8 Å². The number of fused-ring (bicyclic) bond motifs is 3. The van der Waals surface area contributed by atoms with E-state index in [9.17, 15) is 4.79 Å². The Bertz CT molecular complexity index is 1210. The summed E-state index contributed by atoms with van der Waals surface area (Å²) in [4.78, 5) is 21.8. The lowest BCUT2D eigenvalue weighted by molar-refractivity contribution is 0.800. The third kappa shape index (κ3) is 3.06. The highest BCUT2D eigenvalue weighted by atomic mass is 32.2. The Kier molecular flexibility index (Phi) is 4.56. The molecule has 27 heavy (non-hydrogen) atoms. The number of hydrogen-bond donors (Lipinski definition) is 1. The highest BCUT2D eigenvalue weighted by Gasteiger charge is 2.19. The van der Waals surface area contributed by atoms with Crippen LogP contribution in [0.25, 0.3) is 27.6 Å². The quantitative estimate of drug-likeness (QED) is 0.384. The first kappa shape index (κ1) is 17.9. The SMILES string of the molecule is CCC(C)Sc1nc2c([nH]c3ccccc32)c(=O)n1-c1cc(C)ccc1C. The van der Waals surface area contributed by atoms with E-state index >= 15 is 0 Å². The van der Waals surface area contributed by atoms with E-state index in [1.54, 1.807) is 16.3 Å². The number of rotatable bonds is 4. The van der Waals surface area contributed by atoms with Crippen LogP contribution in [0, 0.1) is 13.8 Å². The third-order valence-corrected chi connectivity index (χ3v) is 6.20. The van der Waals surface area contributed by atoms with Crippen LogP contribution in [0.5, 0.6) is 0 Å². The van der Waals surface area contributed by atoms with Crippen LogP contribution < -0.4 is 5.56 Å². The van der Waals surface area contributed by atoms with E-state index in [0.29, 0.717) is 10.8 Å². The summed E-state index contributed by atoms with van der Waals surface area (Å²) < 4.78 is 1.77. The van der Waals surface area contributed by atoms with Gasteiger partial charge in [0.15, 0.2) is 5.16 Å². The van der Waals surface area contributed by atoms with Gasteiger partial charge in [-0.2, -0.15) is 0 Å². The van der Waals surface area contributed by atoms with Crippen LogP contribution >= 0.6 is 11.8 Å².